The van der Waals surface area contributed by atoms with E-state index in [4.69, 9.17) is 11.0 Å². The molecule has 5 nitrogen and oxygen atoms in total. The summed E-state index contributed by atoms with van der Waals surface area (Å²) in [6, 6.07) is 3.64. The van der Waals surface area contributed by atoms with Crippen LogP contribution in [0.3, 0.4) is 0 Å². The van der Waals surface area contributed by atoms with Gasteiger partial charge in [0, 0.05) is 18.3 Å². The summed E-state index contributed by atoms with van der Waals surface area (Å²) < 4.78 is 1.49. The third-order valence-corrected chi connectivity index (χ3v) is 1.81. The van der Waals surface area contributed by atoms with Gasteiger partial charge in [0.2, 0.25) is 0 Å². The number of rotatable bonds is 1. The molecule has 2 rings (SSSR count). The molecule has 0 aromatic carbocycles. The molecule has 2 aromatic heterocycles. The van der Waals surface area contributed by atoms with Crippen LogP contribution in [0.1, 0.15) is 11.3 Å². The van der Waals surface area contributed by atoms with Crippen LogP contribution in [-0.2, 0) is 6.54 Å². The standard InChI is InChI=1S/C8H7N5/c9-3-6-5-12-13-7(4-10)1-2-11-8(6)13/h1-2,5H,3,9H2. The van der Waals surface area contributed by atoms with Crippen LogP contribution in [0.2, 0.25) is 0 Å². The van der Waals surface area contributed by atoms with Crippen molar-refractivity contribution in [2.75, 3.05) is 0 Å². The van der Waals surface area contributed by atoms with E-state index in [0.29, 0.717) is 17.9 Å². The van der Waals surface area contributed by atoms with Crippen LogP contribution in [0.5, 0.6) is 0 Å². The first-order valence-corrected chi connectivity index (χ1v) is 3.78. The number of fused-ring (bicyclic) bond motifs is 1. The summed E-state index contributed by atoms with van der Waals surface area (Å²) in [5, 5.41) is 12.8. The number of hydrogen-bond acceptors (Lipinski definition) is 4. The first-order valence-electron chi connectivity index (χ1n) is 3.78. The number of nitrogens with two attached hydrogens (primary N) is 1. The van der Waals surface area contributed by atoms with Gasteiger partial charge in [-0.3, -0.25) is 0 Å². The van der Waals surface area contributed by atoms with Crippen LogP contribution in [0.15, 0.2) is 18.5 Å². The Morgan fingerprint density at radius 1 is 1.62 bits per heavy atom. The quantitative estimate of drug-likeness (QED) is 0.661. The van der Waals surface area contributed by atoms with E-state index < -0.39 is 0 Å². The molecule has 0 bridgehead atoms. The maximum absolute atomic E-state index is 8.75. The molecule has 0 atom stereocenters. The normalized spacial score (nSPS) is 10.2. The van der Waals surface area contributed by atoms with Crippen LogP contribution < -0.4 is 5.73 Å². The summed E-state index contributed by atoms with van der Waals surface area (Å²) in [7, 11) is 0. The summed E-state index contributed by atoms with van der Waals surface area (Å²) in [6.45, 7) is 0.380. The van der Waals surface area contributed by atoms with E-state index in [1.165, 1.54) is 4.52 Å². The van der Waals surface area contributed by atoms with Gasteiger partial charge in [0.25, 0.3) is 0 Å². The molecule has 0 aliphatic heterocycles. The van der Waals surface area contributed by atoms with E-state index in [1.807, 2.05) is 6.07 Å². The Morgan fingerprint density at radius 3 is 3.15 bits per heavy atom. The number of nitrogens with zero attached hydrogens (tertiary/aromatic N) is 4. The molecule has 0 saturated heterocycles. The maximum atomic E-state index is 8.75. The van der Waals surface area contributed by atoms with Gasteiger partial charge < -0.3 is 5.73 Å². The maximum Gasteiger partial charge on any atom is 0.160 e. The predicted octanol–water partition coefficient (Wildman–Crippen LogP) is 0.0597. The van der Waals surface area contributed by atoms with E-state index in [-0.39, 0.29) is 0 Å². The third kappa shape index (κ3) is 1.04. The van der Waals surface area contributed by atoms with Crippen LogP contribution in [0.4, 0.5) is 0 Å². The topological polar surface area (TPSA) is 80.0 Å². The smallest absolute Gasteiger partial charge is 0.160 e. The van der Waals surface area contributed by atoms with Gasteiger partial charge in [0.05, 0.1) is 6.20 Å². The molecule has 2 heterocycles. The molecule has 0 fully saturated rings. The van der Waals surface area contributed by atoms with Gasteiger partial charge in [0.15, 0.2) is 5.65 Å². The van der Waals surface area contributed by atoms with Crippen molar-refractivity contribution in [1.82, 2.24) is 14.6 Å². The fourth-order valence-electron chi connectivity index (χ4n) is 1.17. The lowest BCUT2D eigenvalue weighted by Crippen LogP contribution is -1.99. The average Bonchev–Trinajstić information content (AvgIpc) is 2.60. The first kappa shape index (κ1) is 7.71. The Bertz CT molecular complexity index is 479. The average molecular weight is 173 g/mol. The molecule has 2 aromatic rings. The predicted molar refractivity (Wildman–Crippen MR) is 45.6 cm³/mol. The molecule has 5 heteroatoms. The second-order valence-corrected chi connectivity index (χ2v) is 2.55. The molecular weight excluding hydrogens is 166 g/mol. The van der Waals surface area contributed by atoms with Gasteiger partial charge in [-0.2, -0.15) is 10.4 Å². The van der Waals surface area contributed by atoms with Gasteiger partial charge in [-0.05, 0) is 6.07 Å². The summed E-state index contributed by atoms with van der Waals surface area (Å²) in [6.07, 6.45) is 3.21. The minimum absolute atomic E-state index is 0.380. The fraction of sp³-hybridized carbons (Fsp3) is 0.125. The zero-order chi connectivity index (χ0) is 9.26. The van der Waals surface area contributed by atoms with Crippen LogP contribution in [-0.4, -0.2) is 14.6 Å². The Balaban J connectivity index is 2.81. The third-order valence-electron chi connectivity index (χ3n) is 1.81. The van der Waals surface area contributed by atoms with E-state index >= 15 is 0 Å². The highest BCUT2D eigenvalue weighted by Gasteiger charge is 2.05. The molecule has 0 unspecified atom stereocenters. The first-order chi connectivity index (χ1) is 6.36. The van der Waals surface area contributed by atoms with E-state index in [2.05, 4.69) is 10.1 Å². The number of nitriles is 1. The van der Waals surface area contributed by atoms with Crippen molar-refractivity contribution in [3.63, 3.8) is 0 Å². The molecule has 0 aliphatic rings. The van der Waals surface area contributed by atoms with Gasteiger partial charge in [0.1, 0.15) is 11.8 Å². The van der Waals surface area contributed by atoms with Crippen molar-refractivity contribution in [2.45, 2.75) is 6.54 Å². The number of hydrogen-bond donors (Lipinski definition) is 1. The molecule has 0 aliphatic carbocycles. The van der Waals surface area contributed by atoms with Crippen LogP contribution in [0.25, 0.3) is 5.65 Å². The van der Waals surface area contributed by atoms with Crippen molar-refractivity contribution < 1.29 is 0 Å². The Labute approximate surface area is 74.4 Å². The minimum atomic E-state index is 0.380. The molecule has 13 heavy (non-hydrogen) atoms. The Kier molecular flexibility index (Phi) is 1.69. The molecule has 2 N–H and O–H groups in total. The van der Waals surface area contributed by atoms with Crippen molar-refractivity contribution in [3.05, 3.63) is 29.7 Å². The summed E-state index contributed by atoms with van der Waals surface area (Å²) in [5.74, 6) is 0. The van der Waals surface area contributed by atoms with Crippen LogP contribution >= 0.6 is 0 Å². The lowest BCUT2D eigenvalue weighted by atomic mass is 10.3. The van der Waals surface area contributed by atoms with Gasteiger partial charge >= 0.3 is 0 Å². The lowest BCUT2D eigenvalue weighted by Gasteiger charge is -1.95. The monoisotopic (exact) mass is 173 g/mol. The van der Waals surface area contributed by atoms with E-state index in [1.54, 1.807) is 18.5 Å². The van der Waals surface area contributed by atoms with Gasteiger partial charge in [-0.25, -0.2) is 9.50 Å². The van der Waals surface area contributed by atoms with Crippen molar-refractivity contribution in [3.8, 4) is 6.07 Å². The van der Waals surface area contributed by atoms with Gasteiger partial charge in [-0.1, -0.05) is 0 Å². The van der Waals surface area contributed by atoms with Crippen molar-refractivity contribution >= 4 is 5.65 Å². The van der Waals surface area contributed by atoms with Crippen molar-refractivity contribution in [1.29, 1.82) is 5.26 Å². The largest absolute Gasteiger partial charge is 0.326 e. The van der Waals surface area contributed by atoms with Crippen LogP contribution in [0, 0.1) is 11.3 Å². The SMILES string of the molecule is N#Cc1ccnc2c(CN)cnn12. The summed E-state index contributed by atoms with van der Waals surface area (Å²) in [4.78, 5) is 4.09. The highest BCUT2D eigenvalue weighted by atomic mass is 15.3. The minimum Gasteiger partial charge on any atom is -0.326 e. The zero-order valence-electron chi connectivity index (χ0n) is 6.81. The summed E-state index contributed by atoms with van der Waals surface area (Å²) >= 11 is 0. The molecule has 64 valence electrons. The number of aromatic nitrogens is 3. The highest BCUT2D eigenvalue weighted by molar-refractivity contribution is 5.48. The van der Waals surface area contributed by atoms with Crippen molar-refractivity contribution in [2.24, 2.45) is 5.73 Å². The van der Waals surface area contributed by atoms with E-state index in [0.717, 1.165) is 5.56 Å². The summed E-state index contributed by atoms with van der Waals surface area (Å²) in [5.41, 5.74) is 7.44. The Hall–Kier alpha value is -1.93. The molecule has 0 radical (unpaired) electrons. The molecule has 0 amide bonds. The lowest BCUT2D eigenvalue weighted by molar-refractivity contribution is 0.920. The second kappa shape index (κ2) is 2.84. The Morgan fingerprint density at radius 2 is 2.46 bits per heavy atom. The molecule has 0 saturated carbocycles. The second-order valence-electron chi connectivity index (χ2n) is 2.55. The molecule has 0 spiro atoms. The van der Waals surface area contributed by atoms with E-state index in [9.17, 15) is 0 Å². The fourth-order valence-corrected chi connectivity index (χ4v) is 1.17. The molecular formula is C8H7N5. The highest BCUT2D eigenvalue weighted by Crippen LogP contribution is 2.08. The van der Waals surface area contributed by atoms with Gasteiger partial charge in [-0.15, -0.1) is 0 Å². The zero-order valence-corrected chi connectivity index (χ0v) is 6.81.